The predicted molar refractivity (Wildman–Crippen MR) is 106 cm³/mol. The first-order chi connectivity index (χ1) is 11.7. The van der Waals surface area contributed by atoms with Crippen molar-refractivity contribution in [2.75, 3.05) is 6.54 Å². The van der Waals surface area contributed by atoms with E-state index in [2.05, 4.69) is 38.4 Å². The van der Waals surface area contributed by atoms with Crippen LogP contribution in [0.5, 0.6) is 0 Å². The molecule has 1 aromatic heterocycles. The number of amides is 1. The van der Waals surface area contributed by atoms with E-state index in [1.807, 2.05) is 39.0 Å². The molecular formula is C19H20BrClN2O2. The summed E-state index contributed by atoms with van der Waals surface area (Å²) in [5.74, 6) is 0. The zero-order valence-electron chi connectivity index (χ0n) is 14.4. The summed E-state index contributed by atoms with van der Waals surface area (Å²) in [6.07, 6.45) is 0.289. The van der Waals surface area contributed by atoms with Crippen LogP contribution in [0.2, 0.25) is 5.02 Å². The number of carbonyl (C=O) groups is 1. The van der Waals surface area contributed by atoms with Crippen molar-refractivity contribution in [1.29, 1.82) is 0 Å². The van der Waals surface area contributed by atoms with Crippen molar-refractivity contribution >= 4 is 55.4 Å². The van der Waals surface area contributed by atoms with E-state index in [1.54, 1.807) is 0 Å². The van der Waals surface area contributed by atoms with Gasteiger partial charge in [0.1, 0.15) is 5.60 Å². The van der Waals surface area contributed by atoms with E-state index in [0.717, 1.165) is 31.8 Å². The van der Waals surface area contributed by atoms with Gasteiger partial charge in [0.15, 0.2) is 0 Å². The Morgan fingerprint density at radius 2 is 2.00 bits per heavy atom. The second kappa shape index (κ2) is 6.89. The van der Waals surface area contributed by atoms with Crippen molar-refractivity contribution in [3.8, 4) is 0 Å². The fourth-order valence-corrected chi connectivity index (χ4v) is 3.49. The molecule has 0 saturated heterocycles. The number of ether oxygens (including phenoxy) is 1. The summed E-state index contributed by atoms with van der Waals surface area (Å²) in [6.45, 7) is 6.04. The maximum absolute atomic E-state index is 11.8. The van der Waals surface area contributed by atoms with Gasteiger partial charge in [0.2, 0.25) is 0 Å². The van der Waals surface area contributed by atoms with E-state index in [9.17, 15) is 4.79 Å². The number of aromatic amines is 1. The molecule has 25 heavy (non-hydrogen) atoms. The van der Waals surface area contributed by atoms with E-state index in [1.165, 1.54) is 0 Å². The van der Waals surface area contributed by atoms with Crippen molar-refractivity contribution in [2.45, 2.75) is 32.8 Å². The average molecular weight is 424 g/mol. The summed E-state index contributed by atoms with van der Waals surface area (Å²) in [5.41, 5.74) is 2.72. The summed E-state index contributed by atoms with van der Waals surface area (Å²) in [4.78, 5) is 15.2. The second-order valence-electron chi connectivity index (χ2n) is 6.98. The van der Waals surface area contributed by atoms with Crippen LogP contribution in [0.15, 0.2) is 34.8 Å². The molecule has 0 aliphatic heterocycles. The summed E-state index contributed by atoms with van der Waals surface area (Å²) >= 11 is 9.71. The van der Waals surface area contributed by atoms with Gasteiger partial charge in [-0.3, -0.25) is 0 Å². The third kappa shape index (κ3) is 4.28. The number of hydrogen-bond donors (Lipinski definition) is 2. The lowest BCUT2D eigenvalue weighted by atomic mass is 10.1. The van der Waals surface area contributed by atoms with Crippen molar-refractivity contribution in [2.24, 2.45) is 0 Å². The van der Waals surface area contributed by atoms with Crippen LogP contribution in [-0.2, 0) is 11.2 Å². The second-order valence-corrected chi connectivity index (χ2v) is 8.33. The molecule has 0 atom stereocenters. The van der Waals surface area contributed by atoms with Crippen LogP contribution >= 0.6 is 27.5 Å². The molecule has 0 unspecified atom stereocenters. The van der Waals surface area contributed by atoms with Crippen LogP contribution in [0.3, 0.4) is 0 Å². The van der Waals surface area contributed by atoms with Gasteiger partial charge in [0.05, 0.1) is 0 Å². The zero-order chi connectivity index (χ0) is 18.2. The maximum Gasteiger partial charge on any atom is 0.407 e. The lowest BCUT2D eigenvalue weighted by Crippen LogP contribution is -2.33. The third-order valence-corrected chi connectivity index (χ3v) is 4.47. The van der Waals surface area contributed by atoms with Crippen molar-refractivity contribution in [3.05, 3.63) is 45.4 Å². The van der Waals surface area contributed by atoms with Crippen molar-refractivity contribution in [3.63, 3.8) is 0 Å². The van der Waals surface area contributed by atoms with Gasteiger partial charge in [-0.05, 0) is 63.1 Å². The highest BCUT2D eigenvalue weighted by Crippen LogP contribution is 2.32. The lowest BCUT2D eigenvalue weighted by Gasteiger charge is -2.19. The number of nitrogens with one attached hydrogen (secondary N) is 2. The minimum Gasteiger partial charge on any atom is -0.444 e. The molecule has 2 N–H and O–H groups in total. The van der Waals surface area contributed by atoms with E-state index >= 15 is 0 Å². The number of hydrogen-bond acceptors (Lipinski definition) is 2. The highest BCUT2D eigenvalue weighted by Gasteiger charge is 2.16. The Balaban J connectivity index is 1.84. The molecule has 0 aliphatic carbocycles. The topological polar surface area (TPSA) is 54.1 Å². The van der Waals surface area contributed by atoms with Gasteiger partial charge < -0.3 is 15.0 Å². The Morgan fingerprint density at radius 1 is 1.24 bits per heavy atom. The number of alkyl carbamates (subject to hydrolysis) is 1. The number of H-pyrrole nitrogens is 1. The van der Waals surface area contributed by atoms with Crippen LogP contribution in [0.4, 0.5) is 4.79 Å². The number of benzene rings is 2. The summed E-state index contributed by atoms with van der Waals surface area (Å²) < 4.78 is 6.26. The minimum atomic E-state index is -0.496. The lowest BCUT2D eigenvalue weighted by molar-refractivity contribution is 0.0528. The number of aromatic nitrogens is 1. The molecule has 0 aliphatic rings. The summed E-state index contributed by atoms with van der Waals surface area (Å²) in [7, 11) is 0. The van der Waals surface area contributed by atoms with Gasteiger partial charge in [0.25, 0.3) is 0 Å². The molecule has 0 saturated carbocycles. The van der Waals surface area contributed by atoms with Crippen molar-refractivity contribution in [1.82, 2.24) is 10.3 Å². The van der Waals surface area contributed by atoms with Crippen LogP contribution in [0.1, 0.15) is 26.3 Å². The molecule has 3 rings (SSSR count). The number of fused-ring (bicyclic) bond motifs is 3. The van der Waals surface area contributed by atoms with Crippen LogP contribution in [0.25, 0.3) is 21.8 Å². The van der Waals surface area contributed by atoms with Gasteiger partial charge in [0, 0.05) is 37.8 Å². The SMILES string of the molecule is CC(C)(C)OC(=O)NCCc1cc(Br)cc2c1[nH]c1ccc(Cl)cc12. The fourth-order valence-electron chi connectivity index (χ4n) is 2.82. The maximum atomic E-state index is 11.8. The van der Waals surface area contributed by atoms with Gasteiger partial charge in [-0.25, -0.2) is 4.79 Å². The summed E-state index contributed by atoms with van der Waals surface area (Å²) in [6, 6.07) is 9.96. The average Bonchev–Trinajstić information content (AvgIpc) is 2.83. The molecule has 6 heteroatoms. The van der Waals surface area contributed by atoms with Crippen LogP contribution in [-0.4, -0.2) is 23.2 Å². The molecule has 0 radical (unpaired) electrons. The van der Waals surface area contributed by atoms with Gasteiger partial charge in [-0.1, -0.05) is 27.5 Å². The molecule has 1 heterocycles. The zero-order valence-corrected chi connectivity index (χ0v) is 16.7. The first kappa shape index (κ1) is 18.1. The molecule has 4 nitrogen and oxygen atoms in total. The molecule has 0 bridgehead atoms. The molecule has 0 fully saturated rings. The van der Waals surface area contributed by atoms with Gasteiger partial charge in [-0.15, -0.1) is 0 Å². The minimum absolute atomic E-state index is 0.401. The normalized spacial score (nSPS) is 11.9. The van der Waals surface area contributed by atoms with E-state index in [4.69, 9.17) is 16.3 Å². The summed E-state index contributed by atoms with van der Waals surface area (Å²) in [5, 5.41) is 5.71. The smallest absolute Gasteiger partial charge is 0.407 e. The van der Waals surface area contributed by atoms with Crippen LogP contribution in [0, 0.1) is 0 Å². The third-order valence-electron chi connectivity index (χ3n) is 3.78. The molecule has 132 valence electrons. The standard InChI is InChI=1S/C19H20BrClN2O2/c1-19(2,3)25-18(24)22-7-6-11-8-12(20)9-15-14-10-13(21)4-5-16(14)23-17(11)15/h4-5,8-10,23H,6-7H2,1-3H3,(H,22,24). The van der Waals surface area contributed by atoms with E-state index < -0.39 is 11.7 Å². The molecular weight excluding hydrogens is 404 g/mol. The first-order valence-corrected chi connectivity index (χ1v) is 9.26. The highest BCUT2D eigenvalue weighted by atomic mass is 79.9. The van der Waals surface area contributed by atoms with Gasteiger partial charge in [-0.2, -0.15) is 0 Å². The molecule has 1 amide bonds. The Bertz CT molecular complexity index is 944. The Kier molecular flexibility index (Phi) is 4.98. The van der Waals surface area contributed by atoms with E-state index in [0.29, 0.717) is 18.0 Å². The Morgan fingerprint density at radius 3 is 2.72 bits per heavy atom. The number of halogens is 2. The highest BCUT2D eigenvalue weighted by molar-refractivity contribution is 9.10. The van der Waals surface area contributed by atoms with Crippen LogP contribution < -0.4 is 5.32 Å². The monoisotopic (exact) mass is 422 g/mol. The molecule has 3 aromatic rings. The van der Waals surface area contributed by atoms with Crippen molar-refractivity contribution < 1.29 is 9.53 Å². The predicted octanol–water partition coefficient (Wildman–Crippen LogP) is 5.80. The number of carbonyl (C=O) groups excluding carboxylic acids is 1. The number of rotatable bonds is 3. The van der Waals surface area contributed by atoms with Gasteiger partial charge >= 0.3 is 6.09 Å². The quantitative estimate of drug-likeness (QED) is 0.559. The Labute approximate surface area is 160 Å². The first-order valence-electron chi connectivity index (χ1n) is 8.09. The Hall–Kier alpha value is -1.72. The molecule has 0 spiro atoms. The molecule has 2 aromatic carbocycles. The fraction of sp³-hybridized carbons (Fsp3) is 0.316. The van der Waals surface area contributed by atoms with E-state index in [-0.39, 0.29) is 0 Å². The largest absolute Gasteiger partial charge is 0.444 e.